The number of nitrogens with one attached hydrogen (secondary N) is 1. The maximum Gasteiger partial charge on any atom is 0.244 e. The van der Waals surface area contributed by atoms with Crippen molar-refractivity contribution < 1.29 is 4.79 Å². The third-order valence-electron chi connectivity index (χ3n) is 3.81. The van der Waals surface area contributed by atoms with E-state index in [4.69, 9.17) is 0 Å². The summed E-state index contributed by atoms with van der Waals surface area (Å²) >= 11 is 0. The summed E-state index contributed by atoms with van der Waals surface area (Å²) < 4.78 is 0. The van der Waals surface area contributed by atoms with Crippen LogP contribution in [0.25, 0.3) is 0 Å². The molecule has 16 heavy (non-hydrogen) atoms. The molecule has 3 nitrogen and oxygen atoms in total. The van der Waals surface area contributed by atoms with Gasteiger partial charge in [-0.05, 0) is 38.0 Å². The molecule has 3 heteroatoms. The number of amides is 1. The van der Waals surface area contributed by atoms with Gasteiger partial charge in [-0.25, -0.2) is 0 Å². The van der Waals surface area contributed by atoms with E-state index in [1.807, 2.05) is 0 Å². The molecule has 1 N–H and O–H groups in total. The number of hydrogen-bond acceptors (Lipinski definition) is 2. The molecule has 0 radical (unpaired) electrons. The van der Waals surface area contributed by atoms with Crippen molar-refractivity contribution in [1.29, 1.82) is 0 Å². The van der Waals surface area contributed by atoms with Crippen LogP contribution >= 0.6 is 0 Å². The van der Waals surface area contributed by atoms with Crippen molar-refractivity contribution in [3.63, 3.8) is 0 Å². The largest absolute Gasteiger partial charge is 0.326 e. The van der Waals surface area contributed by atoms with Crippen LogP contribution in [0.5, 0.6) is 0 Å². The quantitative estimate of drug-likeness (QED) is 0.776. The van der Waals surface area contributed by atoms with Crippen LogP contribution in [0, 0.1) is 5.92 Å². The minimum atomic E-state index is -0.126. The summed E-state index contributed by atoms with van der Waals surface area (Å²) in [6, 6.07) is 0. The maximum atomic E-state index is 12.2. The zero-order valence-corrected chi connectivity index (χ0v) is 10.8. The molecule has 0 aromatic heterocycles. The highest BCUT2D eigenvalue weighted by molar-refractivity contribution is 5.91. The zero-order valence-electron chi connectivity index (χ0n) is 10.8. The molecule has 0 aromatic rings. The summed E-state index contributed by atoms with van der Waals surface area (Å²) in [6.45, 7) is 7.57. The van der Waals surface area contributed by atoms with E-state index < -0.39 is 0 Å². The van der Waals surface area contributed by atoms with Crippen molar-refractivity contribution >= 4 is 5.91 Å². The summed E-state index contributed by atoms with van der Waals surface area (Å²) in [6.07, 6.45) is 5.76. The van der Waals surface area contributed by atoms with Gasteiger partial charge in [0.25, 0.3) is 0 Å². The average Bonchev–Trinajstić information content (AvgIpc) is 2.96. The Morgan fingerprint density at radius 2 is 2.19 bits per heavy atom. The summed E-state index contributed by atoms with van der Waals surface area (Å²) in [5.74, 6) is 1.10. The molecule has 1 aliphatic heterocycles. The third-order valence-corrected chi connectivity index (χ3v) is 3.81. The molecule has 2 aliphatic rings. The average molecular weight is 224 g/mol. The highest BCUT2D eigenvalue weighted by atomic mass is 16.2. The molecule has 1 heterocycles. The Morgan fingerprint density at radius 3 is 2.69 bits per heavy atom. The van der Waals surface area contributed by atoms with Gasteiger partial charge >= 0.3 is 0 Å². The summed E-state index contributed by atoms with van der Waals surface area (Å²) in [7, 11) is 0. The molecule has 1 saturated heterocycles. The topological polar surface area (TPSA) is 32.3 Å². The second kappa shape index (κ2) is 4.36. The van der Waals surface area contributed by atoms with Gasteiger partial charge in [-0.3, -0.25) is 10.1 Å². The third kappa shape index (κ3) is 2.10. The first-order valence-corrected chi connectivity index (χ1v) is 6.68. The van der Waals surface area contributed by atoms with Crippen molar-refractivity contribution in [2.24, 2.45) is 5.92 Å². The van der Waals surface area contributed by atoms with Gasteiger partial charge in [0.15, 0.2) is 0 Å². The van der Waals surface area contributed by atoms with Crippen LogP contribution in [0.2, 0.25) is 0 Å². The molecular formula is C13H24N2O. The molecule has 0 aromatic carbocycles. The normalized spacial score (nSPS) is 27.1. The van der Waals surface area contributed by atoms with Gasteiger partial charge in [-0.2, -0.15) is 0 Å². The highest BCUT2D eigenvalue weighted by Gasteiger charge is 2.58. The Kier molecular flexibility index (Phi) is 3.24. The van der Waals surface area contributed by atoms with Crippen molar-refractivity contribution in [2.75, 3.05) is 6.54 Å². The van der Waals surface area contributed by atoms with Crippen LogP contribution in [-0.2, 0) is 4.79 Å². The van der Waals surface area contributed by atoms with E-state index in [-0.39, 0.29) is 5.54 Å². The predicted octanol–water partition coefficient (Wildman–Crippen LogP) is 2.12. The molecule has 1 amide bonds. The van der Waals surface area contributed by atoms with E-state index in [0.717, 1.165) is 38.1 Å². The maximum absolute atomic E-state index is 12.2. The minimum absolute atomic E-state index is 0.126. The first-order chi connectivity index (χ1) is 7.59. The van der Waals surface area contributed by atoms with Crippen LogP contribution in [0.1, 0.15) is 52.9 Å². The Morgan fingerprint density at radius 1 is 1.50 bits per heavy atom. The smallest absolute Gasteiger partial charge is 0.244 e. The summed E-state index contributed by atoms with van der Waals surface area (Å²) in [5, 5.41) is 3.51. The van der Waals surface area contributed by atoms with Crippen molar-refractivity contribution in [3.05, 3.63) is 0 Å². The first-order valence-electron chi connectivity index (χ1n) is 6.68. The molecule has 1 spiro atoms. The lowest BCUT2D eigenvalue weighted by Gasteiger charge is -2.23. The predicted molar refractivity (Wildman–Crippen MR) is 65.0 cm³/mol. The number of carbonyl (C=O) groups excluding carboxylic acids is 1. The van der Waals surface area contributed by atoms with E-state index in [0.29, 0.717) is 12.1 Å². The van der Waals surface area contributed by atoms with Gasteiger partial charge in [0.05, 0.1) is 11.7 Å². The van der Waals surface area contributed by atoms with E-state index in [1.165, 1.54) is 6.42 Å². The SMILES string of the molecule is CCC1NC2(CC2)C(=O)N1CCCC(C)C. The van der Waals surface area contributed by atoms with Crippen LogP contribution < -0.4 is 5.32 Å². The molecule has 0 bridgehead atoms. The van der Waals surface area contributed by atoms with Gasteiger partial charge in [0.1, 0.15) is 0 Å². The van der Waals surface area contributed by atoms with Crippen LogP contribution in [-0.4, -0.2) is 29.1 Å². The van der Waals surface area contributed by atoms with E-state index in [1.54, 1.807) is 0 Å². The Bertz CT molecular complexity index is 271. The lowest BCUT2D eigenvalue weighted by atomic mass is 10.1. The van der Waals surface area contributed by atoms with Crippen LogP contribution in [0.4, 0.5) is 0 Å². The Hall–Kier alpha value is -0.570. The van der Waals surface area contributed by atoms with Crippen LogP contribution in [0.15, 0.2) is 0 Å². The van der Waals surface area contributed by atoms with Crippen molar-refractivity contribution in [1.82, 2.24) is 10.2 Å². The van der Waals surface area contributed by atoms with Crippen molar-refractivity contribution in [3.8, 4) is 0 Å². The molecule has 1 saturated carbocycles. The Balaban J connectivity index is 1.89. The lowest BCUT2D eigenvalue weighted by molar-refractivity contribution is -0.130. The second-order valence-electron chi connectivity index (χ2n) is 5.69. The fourth-order valence-electron chi connectivity index (χ4n) is 2.61. The molecule has 92 valence electrons. The molecule has 2 fully saturated rings. The first kappa shape index (κ1) is 11.9. The fourth-order valence-corrected chi connectivity index (χ4v) is 2.61. The standard InChI is InChI=1S/C13H24N2O/c1-4-11-14-13(7-8-13)12(16)15(11)9-5-6-10(2)3/h10-11,14H,4-9H2,1-3H3. The number of carbonyl (C=O) groups is 1. The molecule has 1 unspecified atom stereocenters. The van der Waals surface area contributed by atoms with Gasteiger partial charge in [-0.15, -0.1) is 0 Å². The minimum Gasteiger partial charge on any atom is -0.326 e. The number of hydrogen-bond donors (Lipinski definition) is 1. The zero-order chi connectivity index (χ0) is 11.8. The molecular weight excluding hydrogens is 200 g/mol. The van der Waals surface area contributed by atoms with E-state index in [2.05, 4.69) is 31.0 Å². The number of rotatable bonds is 5. The molecule has 1 aliphatic carbocycles. The number of nitrogens with zero attached hydrogens (tertiary/aromatic N) is 1. The van der Waals surface area contributed by atoms with Crippen molar-refractivity contribution in [2.45, 2.75) is 64.6 Å². The lowest BCUT2D eigenvalue weighted by Crippen LogP contribution is -2.37. The van der Waals surface area contributed by atoms with Gasteiger partial charge in [0.2, 0.25) is 5.91 Å². The van der Waals surface area contributed by atoms with Gasteiger partial charge < -0.3 is 4.90 Å². The monoisotopic (exact) mass is 224 g/mol. The molecule has 2 rings (SSSR count). The van der Waals surface area contributed by atoms with Gasteiger partial charge in [-0.1, -0.05) is 20.8 Å². The highest BCUT2D eigenvalue weighted by Crippen LogP contribution is 2.42. The second-order valence-corrected chi connectivity index (χ2v) is 5.69. The van der Waals surface area contributed by atoms with E-state index in [9.17, 15) is 4.79 Å². The van der Waals surface area contributed by atoms with E-state index >= 15 is 0 Å². The van der Waals surface area contributed by atoms with Crippen LogP contribution in [0.3, 0.4) is 0 Å². The summed E-state index contributed by atoms with van der Waals surface area (Å²) in [5.41, 5.74) is -0.126. The molecule has 1 atom stereocenters. The Labute approximate surface area is 98.6 Å². The fraction of sp³-hybridized carbons (Fsp3) is 0.923. The van der Waals surface area contributed by atoms with Gasteiger partial charge in [0, 0.05) is 6.54 Å². The summed E-state index contributed by atoms with van der Waals surface area (Å²) in [4.78, 5) is 14.3.